The second kappa shape index (κ2) is 10.0. The lowest BCUT2D eigenvalue weighted by atomic mass is 10.1. The van der Waals surface area contributed by atoms with Crippen LogP contribution < -0.4 is 9.62 Å². The Bertz CT molecular complexity index is 1160. The molecule has 0 spiro atoms. The number of carbonyl (C=O) groups excluding carboxylic acids is 1. The molecule has 2 aliphatic rings. The van der Waals surface area contributed by atoms with Crippen LogP contribution in [0.1, 0.15) is 11.1 Å². The highest BCUT2D eigenvalue weighted by atomic mass is 32.2. The summed E-state index contributed by atoms with van der Waals surface area (Å²) in [7, 11) is -3.51. The fourth-order valence-electron chi connectivity index (χ4n) is 4.16. The third-order valence-corrected chi connectivity index (χ3v) is 6.42. The number of piperazine rings is 1. The standard InChI is InChI=1S/C21H27F3N6O4S/c1-35(32,33)26-19-4-5-30(25-19)20(31)29-8-6-27(7-9-29)15-16-2-3-18(17(14-16)21(22,23)24)28-10-12-34-13-11-28/h2-5,14H,6-13,15H2,1H3,(H,25,26). The fourth-order valence-corrected chi connectivity index (χ4v) is 4.65. The third kappa shape index (κ3) is 6.44. The second-order valence-electron chi connectivity index (χ2n) is 8.51. The number of hydrogen-bond donors (Lipinski definition) is 1. The summed E-state index contributed by atoms with van der Waals surface area (Å²) in [5.41, 5.74) is 0.0736. The first-order valence-electron chi connectivity index (χ1n) is 11.1. The van der Waals surface area contributed by atoms with E-state index < -0.39 is 27.8 Å². The number of amides is 1. The molecule has 0 aliphatic carbocycles. The van der Waals surface area contributed by atoms with Gasteiger partial charge in [0.05, 0.1) is 25.0 Å². The molecular weight excluding hydrogens is 489 g/mol. The van der Waals surface area contributed by atoms with E-state index in [-0.39, 0.29) is 11.5 Å². The number of nitrogens with zero attached hydrogens (tertiary/aromatic N) is 5. The van der Waals surface area contributed by atoms with Gasteiger partial charge in [-0.05, 0) is 17.7 Å². The summed E-state index contributed by atoms with van der Waals surface area (Å²) in [6.07, 6.45) is -2.11. The zero-order valence-corrected chi connectivity index (χ0v) is 20.0. The Morgan fingerprint density at radius 1 is 1.09 bits per heavy atom. The fraction of sp³-hybridized carbons (Fsp3) is 0.524. The molecule has 0 atom stereocenters. The lowest BCUT2D eigenvalue weighted by Gasteiger charge is -2.35. The predicted octanol–water partition coefficient (Wildman–Crippen LogP) is 1.90. The highest BCUT2D eigenvalue weighted by Crippen LogP contribution is 2.37. The number of alkyl halides is 3. The number of benzene rings is 1. The number of carbonyl (C=O) groups is 1. The number of aromatic nitrogens is 2. The molecule has 1 aromatic heterocycles. The van der Waals surface area contributed by atoms with Crippen molar-refractivity contribution < 1.29 is 31.1 Å². The summed E-state index contributed by atoms with van der Waals surface area (Å²) in [5.74, 6) is 0.0421. The summed E-state index contributed by atoms with van der Waals surface area (Å²) in [5, 5.41) is 3.94. The molecule has 2 aromatic rings. The van der Waals surface area contributed by atoms with Gasteiger partial charge in [0.25, 0.3) is 0 Å². The molecule has 0 unspecified atom stereocenters. The van der Waals surface area contributed by atoms with Crippen molar-refractivity contribution in [2.24, 2.45) is 0 Å². The Morgan fingerprint density at radius 3 is 2.40 bits per heavy atom. The van der Waals surface area contributed by atoms with E-state index in [0.717, 1.165) is 10.9 Å². The van der Waals surface area contributed by atoms with Gasteiger partial charge in [-0.15, -0.1) is 5.10 Å². The first-order chi connectivity index (χ1) is 16.5. The molecule has 0 radical (unpaired) electrons. The molecule has 0 saturated carbocycles. The van der Waals surface area contributed by atoms with E-state index in [0.29, 0.717) is 64.6 Å². The maximum atomic E-state index is 13.8. The van der Waals surface area contributed by atoms with Crippen LogP contribution in [0.25, 0.3) is 0 Å². The molecule has 4 rings (SSSR count). The Labute approximate surface area is 201 Å². The first kappa shape index (κ1) is 25.3. The quantitative estimate of drug-likeness (QED) is 0.648. The first-order valence-corrected chi connectivity index (χ1v) is 13.0. The van der Waals surface area contributed by atoms with Crippen LogP contribution in [0, 0.1) is 0 Å². The van der Waals surface area contributed by atoms with Crippen LogP contribution in [0.2, 0.25) is 0 Å². The minimum atomic E-state index is -4.47. The molecule has 0 bridgehead atoms. The van der Waals surface area contributed by atoms with Gasteiger partial charge in [-0.3, -0.25) is 9.62 Å². The lowest BCUT2D eigenvalue weighted by molar-refractivity contribution is -0.137. The zero-order valence-electron chi connectivity index (χ0n) is 19.2. The van der Waals surface area contributed by atoms with Gasteiger partial charge in [0, 0.05) is 63.8 Å². The van der Waals surface area contributed by atoms with Crippen LogP contribution >= 0.6 is 0 Å². The third-order valence-electron chi connectivity index (χ3n) is 5.84. The number of sulfonamides is 1. The Hall–Kier alpha value is -2.84. The molecular formula is C21H27F3N6O4S. The number of ether oxygens (including phenoxy) is 1. The Kier molecular flexibility index (Phi) is 7.24. The molecule has 10 nitrogen and oxygen atoms in total. The molecule has 3 heterocycles. The van der Waals surface area contributed by atoms with Crippen molar-refractivity contribution in [3.05, 3.63) is 41.6 Å². The van der Waals surface area contributed by atoms with Crippen molar-refractivity contribution in [2.45, 2.75) is 12.7 Å². The van der Waals surface area contributed by atoms with Crippen molar-refractivity contribution in [3.63, 3.8) is 0 Å². The van der Waals surface area contributed by atoms with E-state index in [1.165, 1.54) is 24.4 Å². The van der Waals surface area contributed by atoms with Crippen LogP contribution in [0.5, 0.6) is 0 Å². The summed E-state index contributed by atoms with van der Waals surface area (Å²) in [4.78, 5) is 17.9. The summed E-state index contributed by atoms with van der Waals surface area (Å²) in [6.45, 7) is 3.66. The SMILES string of the molecule is CS(=O)(=O)Nc1ccn(C(=O)N2CCN(Cc3ccc(N4CCOCC4)c(C(F)(F)F)c3)CC2)n1. The summed E-state index contributed by atoms with van der Waals surface area (Å²) in [6, 6.07) is 5.44. The van der Waals surface area contributed by atoms with Crippen LogP contribution in [0.3, 0.4) is 0 Å². The zero-order chi connectivity index (χ0) is 25.2. The average molecular weight is 517 g/mol. The Morgan fingerprint density at radius 2 is 1.77 bits per heavy atom. The van der Waals surface area contributed by atoms with Gasteiger partial charge < -0.3 is 14.5 Å². The van der Waals surface area contributed by atoms with Crippen molar-refractivity contribution in [3.8, 4) is 0 Å². The monoisotopic (exact) mass is 516 g/mol. The van der Waals surface area contributed by atoms with Gasteiger partial charge in [-0.25, -0.2) is 13.2 Å². The van der Waals surface area contributed by atoms with Gasteiger partial charge in [-0.2, -0.15) is 17.9 Å². The van der Waals surface area contributed by atoms with E-state index >= 15 is 0 Å². The minimum Gasteiger partial charge on any atom is -0.378 e. The van der Waals surface area contributed by atoms with Crippen molar-refractivity contribution >= 4 is 27.6 Å². The van der Waals surface area contributed by atoms with Gasteiger partial charge in [0.15, 0.2) is 5.82 Å². The molecule has 35 heavy (non-hydrogen) atoms. The smallest absolute Gasteiger partial charge is 0.378 e. The van der Waals surface area contributed by atoms with Gasteiger partial charge in [0.1, 0.15) is 0 Å². The molecule has 1 amide bonds. The number of halogens is 3. The van der Waals surface area contributed by atoms with Crippen LogP contribution in [0.4, 0.5) is 29.5 Å². The highest BCUT2D eigenvalue weighted by Gasteiger charge is 2.35. The van der Waals surface area contributed by atoms with E-state index in [1.54, 1.807) is 15.9 Å². The molecule has 14 heteroatoms. The second-order valence-corrected chi connectivity index (χ2v) is 10.3. The molecule has 2 fully saturated rings. The number of morpholine rings is 1. The number of nitrogens with one attached hydrogen (secondary N) is 1. The summed E-state index contributed by atoms with van der Waals surface area (Å²) >= 11 is 0. The van der Waals surface area contributed by atoms with Crippen molar-refractivity contribution in [1.82, 2.24) is 19.6 Å². The maximum Gasteiger partial charge on any atom is 0.418 e. The van der Waals surface area contributed by atoms with Crippen molar-refractivity contribution in [2.75, 3.05) is 68.4 Å². The van der Waals surface area contributed by atoms with E-state index in [2.05, 4.69) is 9.82 Å². The number of rotatable bonds is 5. The van der Waals surface area contributed by atoms with Gasteiger partial charge in [0.2, 0.25) is 10.0 Å². The largest absolute Gasteiger partial charge is 0.418 e. The molecule has 2 saturated heterocycles. The highest BCUT2D eigenvalue weighted by molar-refractivity contribution is 7.92. The average Bonchev–Trinajstić information content (AvgIpc) is 3.26. The molecule has 1 aromatic carbocycles. The maximum absolute atomic E-state index is 13.8. The normalized spacial score (nSPS) is 18.1. The van der Waals surface area contributed by atoms with E-state index in [1.807, 2.05) is 4.90 Å². The van der Waals surface area contributed by atoms with Crippen LogP contribution in [0.15, 0.2) is 30.5 Å². The number of anilines is 2. The van der Waals surface area contributed by atoms with Gasteiger partial charge >= 0.3 is 12.2 Å². The van der Waals surface area contributed by atoms with Crippen LogP contribution in [-0.2, 0) is 27.5 Å². The van der Waals surface area contributed by atoms with Crippen LogP contribution in [-0.4, -0.2) is 92.8 Å². The summed E-state index contributed by atoms with van der Waals surface area (Å²) < 4.78 is 72.5. The van der Waals surface area contributed by atoms with E-state index in [4.69, 9.17) is 4.74 Å². The minimum absolute atomic E-state index is 0.0421. The Balaban J connectivity index is 1.37. The van der Waals surface area contributed by atoms with E-state index in [9.17, 15) is 26.4 Å². The predicted molar refractivity (Wildman–Crippen MR) is 123 cm³/mol. The molecule has 1 N–H and O–H groups in total. The van der Waals surface area contributed by atoms with Crippen molar-refractivity contribution in [1.29, 1.82) is 0 Å². The molecule has 192 valence electrons. The lowest BCUT2D eigenvalue weighted by Crippen LogP contribution is -2.49. The number of hydrogen-bond acceptors (Lipinski definition) is 7. The topological polar surface area (TPSA) is 100 Å². The van der Waals surface area contributed by atoms with Gasteiger partial charge in [-0.1, -0.05) is 6.07 Å². The molecule has 2 aliphatic heterocycles.